The molecule has 0 radical (unpaired) electrons. The third kappa shape index (κ3) is 2.70. The molecule has 0 aliphatic carbocycles. The Labute approximate surface area is 146 Å². The van der Waals surface area contributed by atoms with Gasteiger partial charge in [-0.1, -0.05) is 11.6 Å². The molecule has 0 atom stereocenters. The van der Waals surface area contributed by atoms with E-state index in [2.05, 4.69) is 15.0 Å². The largest absolute Gasteiger partial charge is 0.436 e. The molecule has 0 aliphatic heterocycles. The highest BCUT2D eigenvalue weighted by atomic mass is 35.5. The van der Waals surface area contributed by atoms with Crippen molar-refractivity contribution in [2.75, 3.05) is 0 Å². The Bertz CT molecular complexity index is 1130. The summed E-state index contributed by atoms with van der Waals surface area (Å²) in [4.78, 5) is 23.3. The standard InChI is InChI=1S/C17H9ClN4O3/c18-10-3-4-11-13(8-10)20-9-21-17(11)25-15-6-5-14(22(23)24)12-2-1-7-19-16(12)15/h1-9H. The molecule has 7 nitrogen and oxygen atoms in total. The number of fused-ring (bicyclic) bond motifs is 2. The van der Waals surface area contributed by atoms with Gasteiger partial charge in [0.05, 0.1) is 21.2 Å². The Morgan fingerprint density at radius 3 is 2.76 bits per heavy atom. The summed E-state index contributed by atoms with van der Waals surface area (Å²) in [5.74, 6) is 0.693. The normalized spacial score (nSPS) is 10.9. The highest BCUT2D eigenvalue weighted by Crippen LogP contribution is 2.35. The first-order valence-corrected chi connectivity index (χ1v) is 7.61. The Morgan fingerprint density at radius 2 is 1.92 bits per heavy atom. The summed E-state index contributed by atoms with van der Waals surface area (Å²) in [5, 5.41) is 12.8. The summed E-state index contributed by atoms with van der Waals surface area (Å²) in [6.45, 7) is 0. The third-order valence-electron chi connectivity index (χ3n) is 3.67. The van der Waals surface area contributed by atoms with Crippen LogP contribution in [-0.2, 0) is 0 Å². The van der Waals surface area contributed by atoms with Crippen LogP contribution in [0.15, 0.2) is 55.0 Å². The molecule has 0 fully saturated rings. The molecule has 0 amide bonds. The minimum absolute atomic E-state index is 0.0326. The maximum Gasteiger partial charge on any atom is 0.279 e. The number of halogens is 1. The van der Waals surface area contributed by atoms with Crippen LogP contribution in [-0.4, -0.2) is 19.9 Å². The van der Waals surface area contributed by atoms with Gasteiger partial charge in [-0.3, -0.25) is 15.1 Å². The average molecular weight is 353 g/mol. The summed E-state index contributed by atoms with van der Waals surface area (Å²) in [6, 6.07) is 11.3. The zero-order valence-corrected chi connectivity index (χ0v) is 13.3. The summed E-state index contributed by atoms with van der Waals surface area (Å²) in [6.07, 6.45) is 2.92. The van der Waals surface area contributed by atoms with Crippen molar-refractivity contribution in [2.45, 2.75) is 0 Å². The van der Waals surface area contributed by atoms with E-state index in [1.165, 1.54) is 18.5 Å². The quantitative estimate of drug-likeness (QED) is 0.397. The van der Waals surface area contributed by atoms with Gasteiger partial charge in [0.1, 0.15) is 11.8 Å². The molecule has 25 heavy (non-hydrogen) atoms. The highest BCUT2D eigenvalue weighted by Gasteiger charge is 2.17. The molecule has 0 spiro atoms. The molecular weight excluding hydrogens is 344 g/mol. The van der Waals surface area contributed by atoms with Crippen LogP contribution < -0.4 is 4.74 Å². The fourth-order valence-corrected chi connectivity index (χ4v) is 2.73. The van der Waals surface area contributed by atoms with Crippen molar-refractivity contribution in [1.82, 2.24) is 15.0 Å². The lowest BCUT2D eigenvalue weighted by molar-refractivity contribution is -0.383. The molecule has 0 saturated carbocycles. The van der Waals surface area contributed by atoms with Crippen LogP contribution in [0, 0.1) is 10.1 Å². The number of nitrogens with zero attached hydrogens (tertiary/aromatic N) is 4. The van der Waals surface area contributed by atoms with E-state index in [4.69, 9.17) is 16.3 Å². The van der Waals surface area contributed by atoms with Crippen LogP contribution in [0.5, 0.6) is 11.6 Å². The molecule has 2 aromatic carbocycles. The van der Waals surface area contributed by atoms with Crippen molar-refractivity contribution in [3.05, 3.63) is 70.1 Å². The predicted octanol–water partition coefficient (Wildman–Crippen LogP) is 4.53. The number of hydrogen-bond acceptors (Lipinski definition) is 6. The van der Waals surface area contributed by atoms with Crippen molar-refractivity contribution < 1.29 is 9.66 Å². The van der Waals surface area contributed by atoms with Gasteiger partial charge in [0.15, 0.2) is 5.75 Å². The lowest BCUT2D eigenvalue weighted by Gasteiger charge is -2.09. The SMILES string of the molecule is O=[N+]([O-])c1ccc(Oc2ncnc3cc(Cl)ccc23)c2ncccc12. The summed E-state index contributed by atoms with van der Waals surface area (Å²) in [5.41, 5.74) is 0.990. The fourth-order valence-electron chi connectivity index (χ4n) is 2.56. The Morgan fingerprint density at radius 1 is 1.04 bits per heavy atom. The number of non-ortho nitro benzene ring substituents is 1. The van der Waals surface area contributed by atoms with Gasteiger partial charge >= 0.3 is 0 Å². The van der Waals surface area contributed by atoms with Crippen molar-refractivity contribution in [3.8, 4) is 11.6 Å². The van der Waals surface area contributed by atoms with Crippen LogP contribution in [0.1, 0.15) is 0 Å². The summed E-state index contributed by atoms with van der Waals surface area (Å²) in [7, 11) is 0. The molecule has 0 bridgehead atoms. The van der Waals surface area contributed by atoms with Crippen LogP contribution in [0.3, 0.4) is 0 Å². The van der Waals surface area contributed by atoms with Gasteiger partial charge in [0.25, 0.3) is 5.69 Å². The first-order chi connectivity index (χ1) is 12.1. The van der Waals surface area contributed by atoms with Crippen LogP contribution in [0.4, 0.5) is 5.69 Å². The molecule has 0 aliphatic rings. The zero-order valence-electron chi connectivity index (χ0n) is 12.6. The van der Waals surface area contributed by atoms with Gasteiger partial charge in [-0.2, -0.15) is 0 Å². The van der Waals surface area contributed by atoms with E-state index < -0.39 is 4.92 Å². The second-order valence-electron chi connectivity index (χ2n) is 5.18. The minimum atomic E-state index is -0.449. The van der Waals surface area contributed by atoms with Gasteiger partial charge in [0.2, 0.25) is 5.88 Å². The number of ether oxygens (including phenoxy) is 1. The number of pyridine rings is 1. The molecule has 0 N–H and O–H groups in total. The molecule has 4 aromatic rings. The highest BCUT2D eigenvalue weighted by molar-refractivity contribution is 6.31. The molecule has 0 saturated heterocycles. The monoisotopic (exact) mass is 352 g/mol. The minimum Gasteiger partial charge on any atom is -0.436 e. The number of nitro benzene ring substituents is 1. The lowest BCUT2D eigenvalue weighted by atomic mass is 10.1. The van der Waals surface area contributed by atoms with Crippen LogP contribution in [0.25, 0.3) is 21.8 Å². The van der Waals surface area contributed by atoms with E-state index in [1.54, 1.807) is 36.5 Å². The van der Waals surface area contributed by atoms with Gasteiger partial charge < -0.3 is 4.74 Å². The first-order valence-electron chi connectivity index (χ1n) is 7.24. The number of nitro groups is 1. The molecule has 2 aromatic heterocycles. The average Bonchev–Trinajstić information content (AvgIpc) is 2.61. The number of benzene rings is 2. The number of hydrogen-bond donors (Lipinski definition) is 0. The van der Waals surface area contributed by atoms with Gasteiger partial charge in [-0.05, 0) is 36.4 Å². The van der Waals surface area contributed by atoms with Crippen LogP contribution >= 0.6 is 11.6 Å². The Kier molecular flexibility index (Phi) is 3.62. The molecule has 8 heteroatoms. The van der Waals surface area contributed by atoms with E-state index in [0.29, 0.717) is 38.5 Å². The summed E-state index contributed by atoms with van der Waals surface area (Å²) < 4.78 is 5.90. The van der Waals surface area contributed by atoms with Crippen molar-refractivity contribution in [2.24, 2.45) is 0 Å². The predicted molar refractivity (Wildman–Crippen MR) is 93.0 cm³/mol. The molecular formula is C17H9ClN4O3. The lowest BCUT2D eigenvalue weighted by Crippen LogP contribution is -1.95. The summed E-state index contributed by atoms with van der Waals surface area (Å²) >= 11 is 5.98. The fraction of sp³-hybridized carbons (Fsp3) is 0. The molecule has 2 heterocycles. The van der Waals surface area contributed by atoms with E-state index in [1.807, 2.05) is 0 Å². The topological polar surface area (TPSA) is 91.0 Å². The second kappa shape index (κ2) is 5.95. The molecule has 122 valence electrons. The van der Waals surface area contributed by atoms with Crippen molar-refractivity contribution in [1.29, 1.82) is 0 Å². The van der Waals surface area contributed by atoms with Crippen LogP contribution in [0.2, 0.25) is 5.02 Å². The van der Waals surface area contributed by atoms with Crippen molar-refractivity contribution in [3.63, 3.8) is 0 Å². The van der Waals surface area contributed by atoms with Gasteiger partial charge in [-0.15, -0.1) is 0 Å². The Balaban J connectivity index is 1.87. The Hall–Kier alpha value is -3.32. The van der Waals surface area contributed by atoms with Crippen molar-refractivity contribution >= 4 is 39.1 Å². The molecule has 0 unspecified atom stereocenters. The number of rotatable bonds is 3. The maximum atomic E-state index is 11.2. The maximum absolute atomic E-state index is 11.2. The van der Waals surface area contributed by atoms with E-state index in [-0.39, 0.29) is 5.69 Å². The first kappa shape index (κ1) is 15.2. The van der Waals surface area contributed by atoms with Gasteiger partial charge in [0, 0.05) is 17.3 Å². The number of aromatic nitrogens is 3. The smallest absolute Gasteiger partial charge is 0.279 e. The third-order valence-corrected chi connectivity index (χ3v) is 3.91. The van der Waals surface area contributed by atoms with E-state index in [0.717, 1.165) is 0 Å². The van der Waals surface area contributed by atoms with Gasteiger partial charge in [-0.25, -0.2) is 9.97 Å². The van der Waals surface area contributed by atoms with E-state index >= 15 is 0 Å². The zero-order chi connectivity index (χ0) is 17.4. The molecule has 4 rings (SSSR count). The second-order valence-corrected chi connectivity index (χ2v) is 5.62. The van der Waals surface area contributed by atoms with E-state index in [9.17, 15) is 10.1 Å².